The molecule has 0 radical (unpaired) electrons. The van der Waals surface area contributed by atoms with E-state index in [-0.39, 0.29) is 5.56 Å². The third kappa shape index (κ3) is 1.43. The first kappa shape index (κ1) is 10.5. The third-order valence-corrected chi connectivity index (χ3v) is 2.50. The van der Waals surface area contributed by atoms with Gasteiger partial charge in [0.1, 0.15) is 22.7 Å². The maximum atomic E-state index is 11.2. The Labute approximate surface area is 92.4 Å². The van der Waals surface area contributed by atoms with Gasteiger partial charge in [0.15, 0.2) is 0 Å². The van der Waals surface area contributed by atoms with Crippen LogP contribution in [0.25, 0.3) is 11.0 Å². The summed E-state index contributed by atoms with van der Waals surface area (Å²) in [5.74, 6) is 0.0189. The van der Waals surface area contributed by atoms with Crippen LogP contribution in [0.2, 0.25) is 0 Å². The summed E-state index contributed by atoms with van der Waals surface area (Å²) in [7, 11) is 1.51. The van der Waals surface area contributed by atoms with Gasteiger partial charge in [-0.05, 0) is 12.1 Å². The summed E-state index contributed by atoms with van der Waals surface area (Å²) in [6.07, 6.45) is 0.541. The van der Waals surface area contributed by atoms with Crippen molar-refractivity contribution in [1.29, 1.82) is 0 Å². The molecule has 0 fully saturated rings. The molecule has 0 saturated heterocycles. The smallest absolute Gasteiger partial charge is 0.340 e. The van der Waals surface area contributed by atoms with Gasteiger partial charge in [-0.1, -0.05) is 13.0 Å². The molecular weight excluding hydrogens is 208 g/mol. The van der Waals surface area contributed by atoms with Crippen molar-refractivity contribution in [3.8, 4) is 5.75 Å². The van der Waals surface area contributed by atoms with E-state index in [1.807, 2.05) is 6.92 Å². The van der Waals surface area contributed by atoms with E-state index in [0.29, 0.717) is 28.9 Å². The minimum Gasteiger partial charge on any atom is -0.496 e. The zero-order valence-corrected chi connectivity index (χ0v) is 9.11. The fraction of sp³-hybridized carbons (Fsp3) is 0.250. The van der Waals surface area contributed by atoms with Crippen LogP contribution >= 0.6 is 0 Å². The van der Waals surface area contributed by atoms with Gasteiger partial charge in [-0.2, -0.15) is 0 Å². The molecule has 84 valence electrons. The molecule has 0 aliphatic heterocycles. The van der Waals surface area contributed by atoms with Gasteiger partial charge in [-0.15, -0.1) is 0 Å². The van der Waals surface area contributed by atoms with E-state index in [9.17, 15) is 9.90 Å². The van der Waals surface area contributed by atoms with Crippen LogP contribution in [-0.2, 0) is 6.42 Å². The predicted molar refractivity (Wildman–Crippen MR) is 59.1 cm³/mol. The quantitative estimate of drug-likeness (QED) is 0.863. The molecule has 1 N–H and O–H groups in total. The Morgan fingerprint density at radius 2 is 2.25 bits per heavy atom. The van der Waals surface area contributed by atoms with Crippen molar-refractivity contribution in [3.63, 3.8) is 0 Å². The van der Waals surface area contributed by atoms with Gasteiger partial charge in [0, 0.05) is 6.42 Å². The van der Waals surface area contributed by atoms with Crippen LogP contribution in [0.4, 0.5) is 0 Å². The van der Waals surface area contributed by atoms with E-state index in [4.69, 9.17) is 9.15 Å². The lowest BCUT2D eigenvalue weighted by molar-refractivity contribution is 0.0696. The van der Waals surface area contributed by atoms with E-state index >= 15 is 0 Å². The number of carboxylic acid groups (broad SMARTS) is 1. The number of carbonyl (C=O) groups is 1. The van der Waals surface area contributed by atoms with Crippen molar-refractivity contribution in [2.45, 2.75) is 13.3 Å². The number of benzene rings is 1. The van der Waals surface area contributed by atoms with Crippen molar-refractivity contribution in [2.24, 2.45) is 0 Å². The molecule has 2 rings (SSSR count). The van der Waals surface area contributed by atoms with Gasteiger partial charge in [0.25, 0.3) is 0 Å². The van der Waals surface area contributed by atoms with Crippen molar-refractivity contribution in [3.05, 3.63) is 29.5 Å². The molecule has 0 bridgehead atoms. The van der Waals surface area contributed by atoms with Crippen LogP contribution in [0.15, 0.2) is 22.6 Å². The molecule has 1 aromatic heterocycles. The molecule has 16 heavy (non-hydrogen) atoms. The zero-order valence-electron chi connectivity index (χ0n) is 9.11. The molecule has 0 atom stereocenters. The third-order valence-electron chi connectivity index (χ3n) is 2.50. The molecule has 1 aromatic carbocycles. The Morgan fingerprint density at radius 1 is 1.50 bits per heavy atom. The van der Waals surface area contributed by atoms with Crippen LogP contribution in [0, 0.1) is 0 Å². The Hall–Kier alpha value is -1.97. The summed E-state index contributed by atoms with van der Waals surface area (Å²) in [6.45, 7) is 1.86. The first-order valence-electron chi connectivity index (χ1n) is 5.00. The molecule has 1 heterocycles. The van der Waals surface area contributed by atoms with Crippen molar-refractivity contribution in [1.82, 2.24) is 0 Å². The minimum absolute atomic E-state index is 0.204. The summed E-state index contributed by atoms with van der Waals surface area (Å²) >= 11 is 0. The second-order valence-corrected chi connectivity index (χ2v) is 3.39. The average Bonchev–Trinajstić information content (AvgIpc) is 2.66. The summed E-state index contributed by atoms with van der Waals surface area (Å²) in [5, 5.41) is 9.72. The van der Waals surface area contributed by atoms with Gasteiger partial charge in [0.2, 0.25) is 0 Å². The molecule has 0 unspecified atom stereocenters. The van der Waals surface area contributed by atoms with Crippen LogP contribution < -0.4 is 4.74 Å². The highest BCUT2D eigenvalue weighted by molar-refractivity contribution is 6.06. The second-order valence-electron chi connectivity index (χ2n) is 3.39. The number of aromatic carboxylic acids is 1. The van der Waals surface area contributed by atoms with E-state index in [1.54, 1.807) is 18.2 Å². The standard InChI is InChI=1S/C12H12O4/c1-3-7-11(12(13)14)10-8(15-2)5-4-6-9(10)16-7/h4-6H,3H2,1-2H3,(H,13,14). The largest absolute Gasteiger partial charge is 0.496 e. The number of hydrogen-bond donors (Lipinski definition) is 1. The lowest BCUT2D eigenvalue weighted by atomic mass is 10.1. The molecule has 4 heteroatoms. The van der Waals surface area contributed by atoms with Gasteiger partial charge in [-0.25, -0.2) is 4.79 Å². The Balaban J connectivity index is 2.86. The van der Waals surface area contributed by atoms with Crippen molar-refractivity contribution in [2.75, 3.05) is 7.11 Å². The topological polar surface area (TPSA) is 59.7 Å². The molecule has 2 aromatic rings. The van der Waals surface area contributed by atoms with E-state index in [1.165, 1.54) is 7.11 Å². The van der Waals surface area contributed by atoms with Crippen LogP contribution in [0.5, 0.6) is 5.75 Å². The van der Waals surface area contributed by atoms with E-state index in [0.717, 1.165) is 0 Å². The zero-order chi connectivity index (χ0) is 11.7. The molecular formula is C12H12O4. The summed E-state index contributed by atoms with van der Waals surface area (Å²) in [6, 6.07) is 5.24. The number of aryl methyl sites for hydroxylation is 1. The number of carboxylic acids is 1. The SMILES string of the molecule is CCc1oc2cccc(OC)c2c1C(=O)O. The van der Waals surface area contributed by atoms with Crippen LogP contribution in [0.3, 0.4) is 0 Å². The monoisotopic (exact) mass is 220 g/mol. The minimum atomic E-state index is -0.986. The summed E-state index contributed by atoms with van der Waals surface area (Å²) in [4.78, 5) is 11.2. The number of fused-ring (bicyclic) bond motifs is 1. The number of methoxy groups -OCH3 is 1. The molecule has 0 spiro atoms. The number of rotatable bonds is 3. The van der Waals surface area contributed by atoms with E-state index in [2.05, 4.69) is 0 Å². The highest BCUT2D eigenvalue weighted by atomic mass is 16.5. The maximum Gasteiger partial charge on any atom is 0.340 e. The maximum absolute atomic E-state index is 11.2. The van der Waals surface area contributed by atoms with Gasteiger partial charge in [-0.3, -0.25) is 0 Å². The molecule has 0 aliphatic carbocycles. The lowest BCUT2D eigenvalue weighted by Gasteiger charge is -2.01. The first-order valence-corrected chi connectivity index (χ1v) is 5.00. The van der Waals surface area contributed by atoms with Crippen molar-refractivity contribution >= 4 is 16.9 Å². The fourth-order valence-corrected chi connectivity index (χ4v) is 1.81. The first-order chi connectivity index (χ1) is 7.69. The normalized spacial score (nSPS) is 10.6. The molecule has 0 aliphatic rings. The number of furan rings is 1. The summed E-state index contributed by atoms with van der Waals surface area (Å²) in [5.41, 5.74) is 0.753. The molecule has 0 amide bonds. The van der Waals surface area contributed by atoms with Gasteiger partial charge in [0.05, 0.1) is 12.5 Å². The lowest BCUT2D eigenvalue weighted by Crippen LogP contribution is -1.99. The average molecular weight is 220 g/mol. The fourth-order valence-electron chi connectivity index (χ4n) is 1.81. The highest BCUT2D eigenvalue weighted by Crippen LogP contribution is 2.33. The van der Waals surface area contributed by atoms with Crippen LogP contribution in [-0.4, -0.2) is 18.2 Å². The Kier molecular flexibility index (Phi) is 2.56. The van der Waals surface area contributed by atoms with Gasteiger partial charge >= 0.3 is 5.97 Å². The van der Waals surface area contributed by atoms with Crippen LogP contribution in [0.1, 0.15) is 23.0 Å². The summed E-state index contributed by atoms with van der Waals surface area (Å²) < 4.78 is 10.6. The molecule has 0 saturated carbocycles. The number of hydrogen-bond acceptors (Lipinski definition) is 3. The van der Waals surface area contributed by atoms with Gasteiger partial charge < -0.3 is 14.3 Å². The second kappa shape index (κ2) is 3.89. The molecule has 4 nitrogen and oxygen atoms in total. The van der Waals surface area contributed by atoms with E-state index < -0.39 is 5.97 Å². The highest BCUT2D eigenvalue weighted by Gasteiger charge is 2.21. The number of ether oxygens (including phenoxy) is 1. The Morgan fingerprint density at radius 3 is 2.81 bits per heavy atom. The Bertz CT molecular complexity index is 539. The predicted octanol–water partition coefficient (Wildman–Crippen LogP) is 2.70. The van der Waals surface area contributed by atoms with Crippen molar-refractivity contribution < 1.29 is 19.1 Å².